The van der Waals surface area contributed by atoms with E-state index < -0.39 is 7.53 Å². The lowest BCUT2D eigenvalue weighted by Gasteiger charge is -2.09. The molecule has 3 heterocycles. The lowest BCUT2D eigenvalue weighted by molar-refractivity contribution is 0.462. The highest BCUT2D eigenvalue weighted by Gasteiger charge is 2.15. The van der Waals surface area contributed by atoms with Crippen molar-refractivity contribution in [2.75, 3.05) is 0 Å². The van der Waals surface area contributed by atoms with E-state index in [-0.39, 0.29) is 0 Å². The SMILES string of the molecule is Cc1ccnc(-p2c3ccccc3c3ccc(-c4cccc(Oc5cccc(C)n5)c4)cc32)c1. The largest absolute Gasteiger partial charge is 0.439 e. The number of pyridine rings is 2. The molecule has 6 rings (SSSR count). The van der Waals surface area contributed by atoms with Gasteiger partial charge in [0.05, 0.1) is 5.44 Å². The monoisotopic (exact) mass is 458 g/mol. The van der Waals surface area contributed by atoms with Crippen LogP contribution in [0.5, 0.6) is 11.6 Å². The fourth-order valence-corrected chi connectivity index (χ4v) is 7.12. The molecule has 3 nitrogen and oxygen atoms in total. The maximum absolute atomic E-state index is 6.05. The molecule has 0 aliphatic heterocycles. The smallest absolute Gasteiger partial charge is 0.219 e. The minimum absolute atomic E-state index is 0.607. The van der Waals surface area contributed by atoms with E-state index in [1.54, 1.807) is 0 Å². The topological polar surface area (TPSA) is 35.0 Å². The van der Waals surface area contributed by atoms with Crippen LogP contribution >= 0.6 is 7.53 Å². The Labute approximate surface area is 199 Å². The van der Waals surface area contributed by atoms with Gasteiger partial charge in [-0.3, -0.25) is 4.98 Å². The Morgan fingerprint density at radius 2 is 1.50 bits per heavy atom. The van der Waals surface area contributed by atoms with Crippen LogP contribution in [0.1, 0.15) is 11.3 Å². The van der Waals surface area contributed by atoms with Gasteiger partial charge in [0.15, 0.2) is 0 Å². The minimum atomic E-state index is -0.698. The second-order valence-electron chi connectivity index (χ2n) is 8.52. The predicted octanol–water partition coefficient (Wildman–Crippen LogP) is 8.83. The molecule has 0 saturated heterocycles. The number of benzene rings is 3. The zero-order chi connectivity index (χ0) is 23.1. The number of ether oxygens (including phenoxy) is 1. The number of aromatic nitrogens is 2. The van der Waals surface area contributed by atoms with E-state index >= 15 is 0 Å². The lowest BCUT2D eigenvalue weighted by Crippen LogP contribution is -1.89. The first kappa shape index (κ1) is 20.7. The molecule has 0 N–H and O–H groups in total. The van der Waals surface area contributed by atoms with Gasteiger partial charge in [-0.2, -0.15) is 0 Å². The molecule has 6 aromatic rings. The molecule has 1 atom stereocenters. The third-order valence-electron chi connectivity index (χ3n) is 6.06. The van der Waals surface area contributed by atoms with E-state index in [2.05, 4.69) is 78.6 Å². The normalized spacial score (nSPS) is 11.8. The number of aryl methyl sites for hydroxylation is 2. The average Bonchev–Trinajstić information content (AvgIpc) is 3.18. The summed E-state index contributed by atoms with van der Waals surface area (Å²) in [5.41, 5.74) is 5.63. The molecule has 1 unspecified atom stereocenters. The third-order valence-corrected chi connectivity index (χ3v) is 8.48. The zero-order valence-corrected chi connectivity index (χ0v) is 20.0. The molecule has 164 valence electrons. The van der Waals surface area contributed by atoms with E-state index in [0.717, 1.165) is 22.4 Å². The lowest BCUT2D eigenvalue weighted by atomic mass is 10.0. The molecule has 0 spiro atoms. The first-order chi connectivity index (χ1) is 16.7. The summed E-state index contributed by atoms with van der Waals surface area (Å²) in [5.74, 6) is 1.39. The quantitative estimate of drug-likeness (QED) is 0.265. The van der Waals surface area contributed by atoms with Crippen LogP contribution in [0.3, 0.4) is 0 Å². The molecule has 0 amide bonds. The highest BCUT2D eigenvalue weighted by atomic mass is 31.1. The Morgan fingerprint density at radius 3 is 2.38 bits per heavy atom. The number of nitrogens with zero attached hydrogens (tertiary/aromatic N) is 2. The van der Waals surface area contributed by atoms with Crippen molar-refractivity contribution in [3.05, 3.63) is 115 Å². The van der Waals surface area contributed by atoms with E-state index in [9.17, 15) is 0 Å². The van der Waals surface area contributed by atoms with E-state index in [1.165, 1.54) is 32.1 Å². The van der Waals surface area contributed by atoms with Crippen molar-refractivity contribution in [1.82, 2.24) is 9.97 Å². The number of rotatable bonds is 4. The Hall–Kier alpha value is -3.94. The molecule has 0 aliphatic carbocycles. The van der Waals surface area contributed by atoms with Crippen molar-refractivity contribution in [3.8, 4) is 28.2 Å². The van der Waals surface area contributed by atoms with Gasteiger partial charge < -0.3 is 4.74 Å². The van der Waals surface area contributed by atoms with Crippen LogP contribution in [-0.2, 0) is 0 Å². The molecule has 0 aliphatic rings. The third kappa shape index (κ3) is 3.75. The van der Waals surface area contributed by atoms with Crippen LogP contribution < -0.4 is 4.74 Å². The van der Waals surface area contributed by atoms with Crippen LogP contribution in [0.2, 0.25) is 0 Å². The molecule has 0 radical (unpaired) electrons. The van der Waals surface area contributed by atoms with Gasteiger partial charge in [-0.25, -0.2) is 4.98 Å². The van der Waals surface area contributed by atoms with Gasteiger partial charge in [0.25, 0.3) is 0 Å². The van der Waals surface area contributed by atoms with Crippen LogP contribution in [-0.4, -0.2) is 9.97 Å². The maximum atomic E-state index is 6.05. The Morgan fingerprint density at radius 1 is 0.676 bits per heavy atom. The maximum Gasteiger partial charge on any atom is 0.219 e. The molecule has 3 aromatic heterocycles. The van der Waals surface area contributed by atoms with E-state index in [0.29, 0.717) is 5.88 Å². The number of fused-ring (bicyclic) bond motifs is 3. The Balaban J connectivity index is 1.49. The summed E-state index contributed by atoms with van der Waals surface area (Å²) in [4.78, 5) is 9.26. The fourth-order valence-electron chi connectivity index (χ4n) is 4.47. The standard InChI is InChI=1S/C30H23N2OP/c1-20-15-16-31-30(17-20)34-27-11-4-3-10-25(27)26-14-13-23(19-28(26)34)22-8-6-9-24(18-22)33-29-12-5-7-21(2)32-29/h3-19H,1-2H3. The number of hydrogen-bond donors (Lipinski definition) is 0. The van der Waals surface area contributed by atoms with Crippen molar-refractivity contribution in [2.45, 2.75) is 13.8 Å². The Kier molecular flexibility index (Phi) is 5.13. The van der Waals surface area contributed by atoms with Gasteiger partial charge in [0.1, 0.15) is 5.75 Å². The molecule has 0 fully saturated rings. The predicted molar refractivity (Wildman–Crippen MR) is 143 cm³/mol. The van der Waals surface area contributed by atoms with Crippen LogP contribution in [0.4, 0.5) is 0 Å². The van der Waals surface area contributed by atoms with Gasteiger partial charge in [0.2, 0.25) is 5.88 Å². The molecular formula is C30H23N2OP. The minimum Gasteiger partial charge on any atom is -0.439 e. The van der Waals surface area contributed by atoms with Crippen molar-refractivity contribution in [3.63, 3.8) is 0 Å². The van der Waals surface area contributed by atoms with Gasteiger partial charge >= 0.3 is 0 Å². The highest BCUT2D eigenvalue weighted by Crippen LogP contribution is 2.55. The van der Waals surface area contributed by atoms with Gasteiger partial charge in [-0.1, -0.05) is 56.1 Å². The van der Waals surface area contributed by atoms with Crippen molar-refractivity contribution in [1.29, 1.82) is 0 Å². The molecule has 34 heavy (non-hydrogen) atoms. The molecule has 0 saturated carbocycles. The highest BCUT2D eigenvalue weighted by molar-refractivity contribution is 7.67. The molecule has 0 bridgehead atoms. The second-order valence-corrected chi connectivity index (χ2v) is 10.6. The van der Waals surface area contributed by atoms with E-state index in [4.69, 9.17) is 9.72 Å². The zero-order valence-electron chi connectivity index (χ0n) is 19.1. The first-order valence-electron chi connectivity index (χ1n) is 11.3. The fraction of sp³-hybridized carbons (Fsp3) is 0.0667. The molecular weight excluding hydrogens is 435 g/mol. The summed E-state index contributed by atoms with van der Waals surface area (Å²) >= 11 is 0. The van der Waals surface area contributed by atoms with E-state index in [1.807, 2.05) is 43.5 Å². The second kappa shape index (κ2) is 8.44. The van der Waals surface area contributed by atoms with Crippen LogP contribution in [0.15, 0.2) is 103 Å². The van der Waals surface area contributed by atoms with Crippen molar-refractivity contribution in [2.24, 2.45) is 0 Å². The van der Waals surface area contributed by atoms with Crippen molar-refractivity contribution < 1.29 is 4.74 Å². The van der Waals surface area contributed by atoms with Crippen LogP contribution in [0, 0.1) is 13.8 Å². The first-order valence-corrected chi connectivity index (χ1v) is 12.7. The summed E-state index contributed by atoms with van der Waals surface area (Å²) < 4.78 is 6.05. The molecule has 4 heteroatoms. The summed E-state index contributed by atoms with van der Waals surface area (Å²) in [7, 11) is -0.698. The summed E-state index contributed by atoms with van der Waals surface area (Å²) in [5, 5.41) is 5.37. The van der Waals surface area contributed by atoms with Gasteiger partial charge in [0, 0.05) is 28.2 Å². The van der Waals surface area contributed by atoms with Gasteiger partial charge in [-0.05, 0) is 83.8 Å². The van der Waals surface area contributed by atoms with Crippen molar-refractivity contribution >= 4 is 28.5 Å². The Bertz CT molecular complexity index is 1670. The van der Waals surface area contributed by atoms with Crippen LogP contribution in [0.25, 0.3) is 37.6 Å². The number of hydrogen-bond acceptors (Lipinski definition) is 3. The summed E-state index contributed by atoms with van der Waals surface area (Å²) in [6.07, 6.45) is 1.93. The molecule has 3 aromatic carbocycles. The van der Waals surface area contributed by atoms with Gasteiger partial charge in [-0.15, -0.1) is 0 Å². The summed E-state index contributed by atoms with van der Waals surface area (Å²) in [6, 6.07) is 33.9. The summed E-state index contributed by atoms with van der Waals surface area (Å²) in [6.45, 7) is 4.10. The average molecular weight is 459 g/mol.